The van der Waals surface area contributed by atoms with Crippen molar-refractivity contribution in [2.24, 2.45) is 5.73 Å². The van der Waals surface area contributed by atoms with Crippen molar-refractivity contribution in [1.29, 1.82) is 0 Å². The highest BCUT2D eigenvalue weighted by molar-refractivity contribution is 9.10. The number of nitrogens with two attached hydrogens (primary N) is 1. The van der Waals surface area contributed by atoms with Crippen LogP contribution in [0.5, 0.6) is 0 Å². The Morgan fingerprint density at radius 1 is 1.47 bits per heavy atom. The highest BCUT2D eigenvalue weighted by Crippen LogP contribution is 2.17. The van der Waals surface area contributed by atoms with E-state index in [2.05, 4.69) is 53.3 Å². The fourth-order valence-corrected chi connectivity index (χ4v) is 1.82. The number of aryl methyl sites for hydroxylation is 1. The SMILES string of the molecule is Cc1ccc(CNC(C)CCN)cc1Br. The Bertz CT molecular complexity index is 312. The molecule has 0 radical (unpaired) electrons. The standard InChI is InChI=1S/C12H19BrN2/c1-9-3-4-11(7-12(9)13)8-15-10(2)5-6-14/h3-4,7,10,15H,5-6,8,14H2,1-2H3. The van der Waals surface area contributed by atoms with E-state index in [0.29, 0.717) is 6.04 Å². The molecule has 0 amide bonds. The largest absolute Gasteiger partial charge is 0.330 e. The normalized spacial score (nSPS) is 12.8. The van der Waals surface area contributed by atoms with Crippen molar-refractivity contribution in [1.82, 2.24) is 5.32 Å². The van der Waals surface area contributed by atoms with E-state index >= 15 is 0 Å². The summed E-state index contributed by atoms with van der Waals surface area (Å²) in [6.45, 7) is 5.90. The van der Waals surface area contributed by atoms with Gasteiger partial charge in [-0.1, -0.05) is 28.1 Å². The van der Waals surface area contributed by atoms with Gasteiger partial charge in [-0.15, -0.1) is 0 Å². The number of halogens is 1. The summed E-state index contributed by atoms with van der Waals surface area (Å²) in [5, 5.41) is 3.45. The van der Waals surface area contributed by atoms with Crippen LogP contribution in [0, 0.1) is 6.92 Å². The second-order valence-electron chi connectivity index (χ2n) is 3.94. The lowest BCUT2D eigenvalue weighted by atomic mass is 10.1. The Balaban J connectivity index is 2.47. The van der Waals surface area contributed by atoms with Gasteiger partial charge in [0.05, 0.1) is 0 Å². The summed E-state index contributed by atoms with van der Waals surface area (Å²) in [5.41, 5.74) is 8.07. The highest BCUT2D eigenvalue weighted by atomic mass is 79.9. The van der Waals surface area contributed by atoms with E-state index in [4.69, 9.17) is 5.73 Å². The number of benzene rings is 1. The molecule has 1 aromatic rings. The molecule has 1 aromatic carbocycles. The van der Waals surface area contributed by atoms with Crippen LogP contribution in [-0.2, 0) is 6.54 Å². The molecule has 15 heavy (non-hydrogen) atoms. The smallest absolute Gasteiger partial charge is 0.0208 e. The summed E-state index contributed by atoms with van der Waals surface area (Å²) >= 11 is 3.54. The number of hydrogen-bond acceptors (Lipinski definition) is 2. The van der Waals surface area contributed by atoms with Crippen LogP contribution in [-0.4, -0.2) is 12.6 Å². The molecule has 0 aliphatic heterocycles. The number of rotatable bonds is 5. The molecule has 84 valence electrons. The highest BCUT2D eigenvalue weighted by Gasteiger charge is 2.01. The van der Waals surface area contributed by atoms with Gasteiger partial charge < -0.3 is 11.1 Å². The molecule has 1 unspecified atom stereocenters. The average Bonchev–Trinajstić information content (AvgIpc) is 2.20. The topological polar surface area (TPSA) is 38.0 Å². The summed E-state index contributed by atoms with van der Waals surface area (Å²) in [6, 6.07) is 6.93. The van der Waals surface area contributed by atoms with Gasteiger partial charge in [-0.25, -0.2) is 0 Å². The third-order valence-electron chi connectivity index (χ3n) is 2.49. The minimum Gasteiger partial charge on any atom is -0.330 e. The zero-order valence-electron chi connectivity index (χ0n) is 9.39. The summed E-state index contributed by atoms with van der Waals surface area (Å²) in [7, 11) is 0. The van der Waals surface area contributed by atoms with Gasteiger partial charge in [0, 0.05) is 17.1 Å². The molecule has 0 fully saturated rings. The maximum atomic E-state index is 5.49. The van der Waals surface area contributed by atoms with Gasteiger partial charge >= 0.3 is 0 Å². The second kappa shape index (κ2) is 6.26. The molecule has 0 aliphatic rings. The van der Waals surface area contributed by atoms with E-state index in [1.54, 1.807) is 0 Å². The predicted octanol–water partition coefficient (Wildman–Crippen LogP) is 2.58. The minimum atomic E-state index is 0.482. The van der Waals surface area contributed by atoms with Crippen LogP contribution >= 0.6 is 15.9 Å². The Hall–Kier alpha value is -0.380. The molecular weight excluding hydrogens is 252 g/mol. The molecule has 3 N–H and O–H groups in total. The van der Waals surface area contributed by atoms with Gasteiger partial charge in [-0.2, -0.15) is 0 Å². The molecule has 0 spiro atoms. The Morgan fingerprint density at radius 3 is 2.80 bits per heavy atom. The maximum Gasteiger partial charge on any atom is 0.0208 e. The van der Waals surface area contributed by atoms with Crippen molar-refractivity contribution in [3.8, 4) is 0 Å². The van der Waals surface area contributed by atoms with Gasteiger partial charge in [0.2, 0.25) is 0 Å². The summed E-state index contributed by atoms with van der Waals surface area (Å²) in [4.78, 5) is 0. The Morgan fingerprint density at radius 2 is 2.20 bits per heavy atom. The van der Waals surface area contributed by atoms with E-state index in [0.717, 1.165) is 19.5 Å². The van der Waals surface area contributed by atoms with Crippen LogP contribution in [0.1, 0.15) is 24.5 Å². The number of nitrogens with one attached hydrogen (secondary N) is 1. The predicted molar refractivity (Wildman–Crippen MR) is 68.9 cm³/mol. The molecule has 0 saturated heterocycles. The zero-order valence-corrected chi connectivity index (χ0v) is 11.0. The van der Waals surface area contributed by atoms with Crippen LogP contribution in [0.25, 0.3) is 0 Å². The van der Waals surface area contributed by atoms with Crippen LogP contribution in [0.3, 0.4) is 0 Å². The first-order valence-corrected chi connectivity index (χ1v) is 6.11. The first kappa shape index (κ1) is 12.7. The lowest BCUT2D eigenvalue weighted by Crippen LogP contribution is -2.27. The molecule has 1 atom stereocenters. The van der Waals surface area contributed by atoms with Crippen molar-refractivity contribution in [3.63, 3.8) is 0 Å². The zero-order chi connectivity index (χ0) is 11.3. The van der Waals surface area contributed by atoms with Crippen molar-refractivity contribution in [2.45, 2.75) is 32.9 Å². The van der Waals surface area contributed by atoms with Gasteiger partial charge in [-0.05, 0) is 44.0 Å². The van der Waals surface area contributed by atoms with Crippen molar-refractivity contribution >= 4 is 15.9 Å². The fourth-order valence-electron chi connectivity index (χ4n) is 1.39. The lowest BCUT2D eigenvalue weighted by Gasteiger charge is -2.13. The molecule has 3 heteroatoms. The Kier molecular flexibility index (Phi) is 5.29. The fraction of sp³-hybridized carbons (Fsp3) is 0.500. The average molecular weight is 271 g/mol. The molecule has 0 aliphatic carbocycles. The molecule has 2 nitrogen and oxygen atoms in total. The van der Waals surface area contributed by atoms with Crippen LogP contribution in [0.4, 0.5) is 0 Å². The quantitative estimate of drug-likeness (QED) is 0.863. The molecule has 1 rings (SSSR count). The van der Waals surface area contributed by atoms with Gasteiger partial charge in [0.25, 0.3) is 0 Å². The van der Waals surface area contributed by atoms with E-state index < -0.39 is 0 Å². The molecule has 0 saturated carbocycles. The minimum absolute atomic E-state index is 0.482. The van der Waals surface area contributed by atoms with Crippen molar-refractivity contribution < 1.29 is 0 Å². The van der Waals surface area contributed by atoms with Crippen LogP contribution < -0.4 is 11.1 Å². The van der Waals surface area contributed by atoms with E-state index in [-0.39, 0.29) is 0 Å². The molecule has 0 aromatic heterocycles. The first-order chi connectivity index (χ1) is 7.13. The Labute approximate surface area is 100 Å². The van der Waals surface area contributed by atoms with Gasteiger partial charge in [0.1, 0.15) is 0 Å². The first-order valence-electron chi connectivity index (χ1n) is 5.32. The van der Waals surface area contributed by atoms with Gasteiger partial charge in [-0.3, -0.25) is 0 Å². The summed E-state index contributed by atoms with van der Waals surface area (Å²) in [6.07, 6.45) is 1.02. The molecular formula is C12H19BrN2. The van der Waals surface area contributed by atoms with Crippen LogP contribution in [0.15, 0.2) is 22.7 Å². The second-order valence-corrected chi connectivity index (χ2v) is 4.80. The van der Waals surface area contributed by atoms with E-state index in [1.807, 2.05) is 0 Å². The van der Waals surface area contributed by atoms with Gasteiger partial charge in [0.15, 0.2) is 0 Å². The third kappa shape index (κ3) is 4.33. The van der Waals surface area contributed by atoms with Crippen molar-refractivity contribution in [2.75, 3.05) is 6.54 Å². The maximum absolute atomic E-state index is 5.49. The third-order valence-corrected chi connectivity index (χ3v) is 3.34. The lowest BCUT2D eigenvalue weighted by molar-refractivity contribution is 0.520. The number of hydrogen-bond donors (Lipinski definition) is 2. The van der Waals surface area contributed by atoms with Crippen LogP contribution in [0.2, 0.25) is 0 Å². The van der Waals surface area contributed by atoms with Crippen molar-refractivity contribution in [3.05, 3.63) is 33.8 Å². The summed E-state index contributed by atoms with van der Waals surface area (Å²) in [5.74, 6) is 0. The molecule has 0 bridgehead atoms. The van der Waals surface area contributed by atoms with E-state index in [1.165, 1.54) is 15.6 Å². The van der Waals surface area contributed by atoms with E-state index in [9.17, 15) is 0 Å². The monoisotopic (exact) mass is 270 g/mol. The summed E-state index contributed by atoms with van der Waals surface area (Å²) < 4.78 is 1.17. The molecule has 0 heterocycles.